The summed E-state index contributed by atoms with van der Waals surface area (Å²) in [7, 11) is 0. The number of halogens is 1. The number of carbonyl (C=O) groups excluding carboxylic acids is 1. The highest BCUT2D eigenvalue weighted by atomic mass is 35.5. The molecule has 0 radical (unpaired) electrons. The van der Waals surface area contributed by atoms with Crippen molar-refractivity contribution >= 4 is 18.3 Å². The molecule has 112 valence electrons. The summed E-state index contributed by atoms with van der Waals surface area (Å²) in [6.07, 6.45) is 5.09. The van der Waals surface area contributed by atoms with Crippen LogP contribution in [0.5, 0.6) is 0 Å². The minimum atomic E-state index is -0.359. The number of hydrogen-bond acceptors (Lipinski definition) is 2. The lowest BCUT2D eigenvalue weighted by molar-refractivity contribution is -0.123. The maximum Gasteiger partial charge on any atom is 0.237 e. The van der Waals surface area contributed by atoms with Gasteiger partial charge < -0.3 is 11.1 Å². The first-order valence-corrected chi connectivity index (χ1v) is 7.33. The Labute approximate surface area is 127 Å². The first-order chi connectivity index (χ1) is 9.22. The lowest BCUT2D eigenvalue weighted by atomic mass is 9.94. The third kappa shape index (κ3) is 4.22. The molecule has 3 unspecified atom stereocenters. The zero-order valence-electron chi connectivity index (χ0n) is 12.0. The summed E-state index contributed by atoms with van der Waals surface area (Å²) in [5, 5.41) is 3.15. The van der Waals surface area contributed by atoms with E-state index in [2.05, 4.69) is 36.5 Å². The van der Waals surface area contributed by atoms with Crippen molar-refractivity contribution < 1.29 is 4.79 Å². The van der Waals surface area contributed by atoms with Gasteiger partial charge in [0.05, 0.1) is 6.04 Å². The molecule has 3 nitrogen and oxygen atoms in total. The van der Waals surface area contributed by atoms with Crippen LogP contribution in [0.2, 0.25) is 0 Å². The van der Waals surface area contributed by atoms with Crippen LogP contribution in [-0.4, -0.2) is 18.0 Å². The summed E-state index contributed by atoms with van der Waals surface area (Å²) in [6.45, 7) is 2.05. The molecule has 0 aromatic heterocycles. The standard InChI is InChI=1S/C16H24N2O.ClH/c1-2-7-14(17)16(19)18-15-11-6-10-13(15)12-8-4-3-5-9-12;/h3-5,8-9,13-15H,2,6-7,10-11,17H2,1H3,(H,18,19);1H. The molecule has 0 bridgehead atoms. The summed E-state index contributed by atoms with van der Waals surface area (Å²) in [5.74, 6) is 0.452. The molecule has 4 heteroatoms. The van der Waals surface area contributed by atoms with Crippen LogP contribution < -0.4 is 11.1 Å². The van der Waals surface area contributed by atoms with E-state index in [4.69, 9.17) is 5.73 Å². The SMILES string of the molecule is CCCC(N)C(=O)NC1CCCC1c1ccccc1.Cl. The van der Waals surface area contributed by atoms with E-state index in [9.17, 15) is 4.79 Å². The molecular weight excluding hydrogens is 272 g/mol. The summed E-state index contributed by atoms with van der Waals surface area (Å²) in [6, 6.07) is 10.4. The summed E-state index contributed by atoms with van der Waals surface area (Å²) >= 11 is 0. The van der Waals surface area contributed by atoms with Gasteiger partial charge in [0, 0.05) is 12.0 Å². The number of rotatable bonds is 5. The van der Waals surface area contributed by atoms with Crippen LogP contribution in [0.25, 0.3) is 0 Å². The Balaban J connectivity index is 0.00000200. The molecule has 2 rings (SSSR count). The van der Waals surface area contributed by atoms with E-state index in [1.165, 1.54) is 12.0 Å². The number of carbonyl (C=O) groups is 1. The van der Waals surface area contributed by atoms with Crippen molar-refractivity contribution in [1.29, 1.82) is 0 Å². The molecule has 0 saturated heterocycles. The third-order valence-electron chi connectivity index (χ3n) is 4.01. The van der Waals surface area contributed by atoms with E-state index >= 15 is 0 Å². The van der Waals surface area contributed by atoms with Crippen LogP contribution >= 0.6 is 12.4 Å². The van der Waals surface area contributed by atoms with Crippen LogP contribution in [0.3, 0.4) is 0 Å². The molecule has 0 heterocycles. The molecule has 3 atom stereocenters. The van der Waals surface area contributed by atoms with Gasteiger partial charge in [-0.2, -0.15) is 0 Å². The van der Waals surface area contributed by atoms with E-state index in [1.54, 1.807) is 0 Å². The predicted octanol–water partition coefficient (Wildman–Crippen LogP) is 2.99. The maximum absolute atomic E-state index is 12.0. The minimum absolute atomic E-state index is 0. The van der Waals surface area contributed by atoms with Crippen molar-refractivity contribution in [3.05, 3.63) is 35.9 Å². The fourth-order valence-corrected chi connectivity index (χ4v) is 2.96. The van der Waals surface area contributed by atoms with Gasteiger partial charge in [-0.3, -0.25) is 4.79 Å². The number of hydrogen-bond donors (Lipinski definition) is 2. The Bertz CT molecular complexity index is 410. The second-order valence-corrected chi connectivity index (χ2v) is 5.46. The normalized spacial score (nSPS) is 22.9. The summed E-state index contributed by atoms with van der Waals surface area (Å²) in [4.78, 5) is 12.0. The van der Waals surface area contributed by atoms with Crippen molar-refractivity contribution in [2.45, 2.75) is 57.0 Å². The highest BCUT2D eigenvalue weighted by Crippen LogP contribution is 2.34. The minimum Gasteiger partial charge on any atom is -0.351 e. The average Bonchev–Trinajstić information content (AvgIpc) is 2.88. The molecule has 1 aromatic rings. The average molecular weight is 297 g/mol. The van der Waals surface area contributed by atoms with E-state index in [0.717, 1.165) is 25.7 Å². The molecular formula is C16H25ClN2O. The fraction of sp³-hybridized carbons (Fsp3) is 0.562. The molecule has 1 fully saturated rings. The molecule has 1 aliphatic carbocycles. The van der Waals surface area contributed by atoms with Gasteiger partial charge in [0.15, 0.2) is 0 Å². The van der Waals surface area contributed by atoms with Crippen LogP contribution in [0.1, 0.15) is 50.5 Å². The van der Waals surface area contributed by atoms with E-state index in [1.807, 2.05) is 6.07 Å². The van der Waals surface area contributed by atoms with Gasteiger partial charge in [-0.25, -0.2) is 0 Å². The molecule has 1 aromatic carbocycles. The van der Waals surface area contributed by atoms with Crippen LogP contribution in [0, 0.1) is 0 Å². The monoisotopic (exact) mass is 296 g/mol. The fourth-order valence-electron chi connectivity index (χ4n) is 2.96. The number of nitrogens with two attached hydrogens (primary N) is 1. The smallest absolute Gasteiger partial charge is 0.237 e. The number of benzene rings is 1. The Kier molecular flexibility index (Phi) is 7.03. The zero-order valence-corrected chi connectivity index (χ0v) is 12.9. The van der Waals surface area contributed by atoms with E-state index in [-0.39, 0.29) is 30.4 Å². The molecule has 3 N–H and O–H groups in total. The first-order valence-electron chi connectivity index (χ1n) is 7.33. The van der Waals surface area contributed by atoms with Gasteiger partial charge >= 0.3 is 0 Å². The highest BCUT2D eigenvalue weighted by Gasteiger charge is 2.30. The largest absolute Gasteiger partial charge is 0.351 e. The van der Waals surface area contributed by atoms with Crippen molar-refractivity contribution in [3.8, 4) is 0 Å². The van der Waals surface area contributed by atoms with Gasteiger partial charge in [0.25, 0.3) is 0 Å². The highest BCUT2D eigenvalue weighted by molar-refractivity contribution is 5.85. The van der Waals surface area contributed by atoms with Gasteiger partial charge in [-0.1, -0.05) is 50.1 Å². The summed E-state index contributed by atoms with van der Waals surface area (Å²) < 4.78 is 0. The van der Waals surface area contributed by atoms with Gasteiger partial charge in [-0.05, 0) is 24.8 Å². The maximum atomic E-state index is 12.0. The van der Waals surface area contributed by atoms with Gasteiger partial charge in [0.1, 0.15) is 0 Å². The summed E-state index contributed by atoms with van der Waals surface area (Å²) in [5.41, 5.74) is 7.21. The Morgan fingerprint density at radius 3 is 2.70 bits per heavy atom. The van der Waals surface area contributed by atoms with E-state index < -0.39 is 0 Å². The number of amides is 1. The lowest BCUT2D eigenvalue weighted by Crippen LogP contribution is -2.46. The topological polar surface area (TPSA) is 55.1 Å². The lowest BCUT2D eigenvalue weighted by Gasteiger charge is -2.23. The second-order valence-electron chi connectivity index (χ2n) is 5.46. The molecule has 20 heavy (non-hydrogen) atoms. The second kappa shape index (κ2) is 8.28. The van der Waals surface area contributed by atoms with Crippen LogP contribution in [0.15, 0.2) is 30.3 Å². The Hall–Kier alpha value is -1.06. The molecule has 1 aliphatic rings. The Morgan fingerprint density at radius 2 is 2.05 bits per heavy atom. The van der Waals surface area contributed by atoms with Crippen molar-refractivity contribution in [2.24, 2.45) is 5.73 Å². The molecule has 0 spiro atoms. The van der Waals surface area contributed by atoms with Crippen molar-refractivity contribution in [3.63, 3.8) is 0 Å². The molecule has 1 saturated carbocycles. The first kappa shape index (κ1) is 17.0. The number of nitrogens with one attached hydrogen (secondary N) is 1. The van der Waals surface area contributed by atoms with Crippen LogP contribution in [-0.2, 0) is 4.79 Å². The Morgan fingerprint density at radius 1 is 1.35 bits per heavy atom. The predicted molar refractivity (Wildman–Crippen MR) is 85.1 cm³/mol. The van der Waals surface area contributed by atoms with Gasteiger partial charge in [-0.15, -0.1) is 12.4 Å². The third-order valence-corrected chi connectivity index (χ3v) is 4.01. The van der Waals surface area contributed by atoms with Gasteiger partial charge in [0.2, 0.25) is 5.91 Å². The van der Waals surface area contributed by atoms with Crippen molar-refractivity contribution in [2.75, 3.05) is 0 Å². The zero-order chi connectivity index (χ0) is 13.7. The quantitative estimate of drug-likeness (QED) is 0.877. The molecule has 1 amide bonds. The van der Waals surface area contributed by atoms with Crippen LogP contribution in [0.4, 0.5) is 0 Å². The molecule has 0 aliphatic heterocycles. The van der Waals surface area contributed by atoms with E-state index in [0.29, 0.717) is 5.92 Å². The van der Waals surface area contributed by atoms with Crippen molar-refractivity contribution in [1.82, 2.24) is 5.32 Å².